The van der Waals surface area contributed by atoms with Gasteiger partial charge in [0.25, 0.3) is 0 Å². The monoisotopic (exact) mass is 537 g/mol. The third kappa shape index (κ3) is 4.76. The summed E-state index contributed by atoms with van der Waals surface area (Å²) in [7, 11) is 1.85. The van der Waals surface area contributed by atoms with Gasteiger partial charge in [-0.3, -0.25) is 4.79 Å². The number of ether oxygens (including phenoxy) is 1. The van der Waals surface area contributed by atoms with E-state index in [-0.39, 0.29) is 12.5 Å². The Hall–Kier alpha value is -5.10. The summed E-state index contributed by atoms with van der Waals surface area (Å²) >= 11 is 0. The van der Waals surface area contributed by atoms with E-state index in [2.05, 4.69) is 32.2 Å². The van der Waals surface area contributed by atoms with Gasteiger partial charge in [0.15, 0.2) is 5.82 Å². The number of anilines is 3. The minimum atomic E-state index is -0.951. The number of aliphatic hydroxyl groups is 1. The molecule has 5 aromatic rings. The molecule has 0 bridgehead atoms. The van der Waals surface area contributed by atoms with E-state index in [1.165, 1.54) is 17.3 Å². The maximum atomic E-state index is 12.0. The number of nitrogens with one attached hydrogen (secondary N) is 1. The van der Waals surface area contributed by atoms with Crippen LogP contribution in [-0.2, 0) is 11.8 Å². The van der Waals surface area contributed by atoms with Crippen molar-refractivity contribution in [2.75, 3.05) is 29.9 Å². The van der Waals surface area contributed by atoms with Crippen molar-refractivity contribution in [3.05, 3.63) is 73.1 Å². The summed E-state index contributed by atoms with van der Waals surface area (Å²) in [5, 5.41) is 22.0. The molecule has 3 aromatic heterocycles. The Kier molecular flexibility index (Phi) is 6.44. The van der Waals surface area contributed by atoms with Gasteiger partial charge in [-0.1, -0.05) is 11.8 Å². The molecule has 202 valence electrons. The molecule has 4 heterocycles. The van der Waals surface area contributed by atoms with Crippen LogP contribution in [0.5, 0.6) is 11.5 Å². The molecule has 12 heteroatoms. The van der Waals surface area contributed by atoms with Crippen molar-refractivity contribution in [1.82, 2.24) is 34.8 Å². The van der Waals surface area contributed by atoms with Crippen LogP contribution in [0.3, 0.4) is 0 Å². The molecule has 0 radical (unpaired) electrons. The van der Waals surface area contributed by atoms with Gasteiger partial charge in [0.1, 0.15) is 40.9 Å². The summed E-state index contributed by atoms with van der Waals surface area (Å²) in [6.07, 6.45) is 1.75. The van der Waals surface area contributed by atoms with Crippen LogP contribution in [0.25, 0.3) is 22.1 Å². The predicted octanol–water partition coefficient (Wildman–Crippen LogP) is 3.30. The number of fused-ring (bicyclic) bond motifs is 2. The molecule has 1 aliphatic heterocycles. The maximum Gasteiger partial charge on any atom is 0.248 e. The highest BCUT2D eigenvalue weighted by Gasteiger charge is 2.28. The zero-order valence-corrected chi connectivity index (χ0v) is 22.0. The smallest absolute Gasteiger partial charge is 0.248 e. The van der Waals surface area contributed by atoms with Crippen LogP contribution < -0.4 is 15.0 Å². The fourth-order valence-corrected chi connectivity index (χ4v) is 4.73. The van der Waals surface area contributed by atoms with Gasteiger partial charge in [-0.05, 0) is 61.0 Å². The van der Waals surface area contributed by atoms with E-state index >= 15 is 0 Å². The van der Waals surface area contributed by atoms with Crippen molar-refractivity contribution in [3.8, 4) is 11.5 Å². The number of amides is 1. The number of aryl methyl sites for hydroxylation is 2. The van der Waals surface area contributed by atoms with Crippen molar-refractivity contribution in [2.45, 2.75) is 13.2 Å². The number of hydrogen-bond donors (Lipinski definition) is 2. The predicted molar refractivity (Wildman–Crippen MR) is 151 cm³/mol. The standard InChI is InChI=1S/C28H27N9O3/c1-4-25(38)37-12-11-36(15-26(37)39)24-10-7-20-27(32-24)28(30-16-29-20)31-18-5-9-23(17(2)13-18)40-19-6-8-22-21(14-19)33-34-35(22)3/h4-10,13-14,16,26,39H,1,11-12,15H2,2-3H3,(H,29,30,31)/t26-/m1/s1. The summed E-state index contributed by atoms with van der Waals surface area (Å²) in [4.78, 5) is 28.9. The van der Waals surface area contributed by atoms with Gasteiger partial charge in [-0.15, -0.1) is 5.10 Å². The number of carbonyl (C=O) groups excluding carboxylic acids is 1. The van der Waals surface area contributed by atoms with Crippen LogP contribution in [0.15, 0.2) is 67.5 Å². The van der Waals surface area contributed by atoms with Crippen LogP contribution in [0.2, 0.25) is 0 Å². The molecule has 2 N–H and O–H groups in total. The minimum absolute atomic E-state index is 0.235. The van der Waals surface area contributed by atoms with E-state index < -0.39 is 6.23 Å². The number of carbonyl (C=O) groups is 1. The highest BCUT2D eigenvalue weighted by atomic mass is 16.5. The largest absolute Gasteiger partial charge is 0.457 e. The Bertz CT molecular complexity index is 1750. The molecule has 1 saturated heterocycles. The Labute approximate surface area is 229 Å². The van der Waals surface area contributed by atoms with Crippen molar-refractivity contribution in [1.29, 1.82) is 0 Å². The molecule has 1 atom stereocenters. The number of nitrogens with zero attached hydrogens (tertiary/aromatic N) is 8. The lowest BCUT2D eigenvalue weighted by atomic mass is 10.2. The van der Waals surface area contributed by atoms with Crippen LogP contribution in [0.4, 0.5) is 17.3 Å². The number of β-amino-alcohol motifs (C(OH)–C–C–N with tert-alkyl or cyclic N) is 1. The lowest BCUT2D eigenvalue weighted by Gasteiger charge is -2.38. The van der Waals surface area contributed by atoms with Gasteiger partial charge in [0.05, 0.1) is 17.6 Å². The normalized spacial score (nSPS) is 15.4. The highest BCUT2D eigenvalue weighted by Crippen LogP contribution is 2.31. The third-order valence-corrected chi connectivity index (χ3v) is 6.85. The van der Waals surface area contributed by atoms with Crippen molar-refractivity contribution in [2.24, 2.45) is 7.05 Å². The second kappa shape index (κ2) is 10.2. The molecule has 6 rings (SSSR count). The Morgan fingerprint density at radius 2 is 2.00 bits per heavy atom. The van der Waals surface area contributed by atoms with E-state index in [0.717, 1.165) is 28.0 Å². The van der Waals surface area contributed by atoms with Gasteiger partial charge in [-0.25, -0.2) is 19.6 Å². The van der Waals surface area contributed by atoms with Crippen LogP contribution >= 0.6 is 0 Å². The van der Waals surface area contributed by atoms with Crippen LogP contribution in [0.1, 0.15) is 5.56 Å². The first-order valence-corrected chi connectivity index (χ1v) is 12.7. The van der Waals surface area contributed by atoms with Crippen LogP contribution in [0, 0.1) is 6.92 Å². The van der Waals surface area contributed by atoms with Crippen molar-refractivity contribution >= 4 is 45.3 Å². The average Bonchev–Trinajstić information content (AvgIpc) is 3.33. The summed E-state index contributed by atoms with van der Waals surface area (Å²) in [5.74, 6) is 2.31. The minimum Gasteiger partial charge on any atom is -0.457 e. The fraction of sp³-hybridized carbons (Fsp3) is 0.214. The van der Waals surface area contributed by atoms with Crippen molar-refractivity contribution < 1.29 is 14.6 Å². The number of benzene rings is 2. The SMILES string of the molecule is C=CC(=O)N1CCN(c2ccc3ncnc(Nc4ccc(Oc5ccc6c(c5)nnn6C)c(C)c4)c3n2)C[C@H]1O. The molecule has 2 aromatic carbocycles. The fourth-order valence-electron chi connectivity index (χ4n) is 4.73. The molecule has 0 aliphatic carbocycles. The number of aromatic nitrogens is 6. The van der Waals surface area contributed by atoms with E-state index in [1.54, 1.807) is 4.68 Å². The Balaban J connectivity index is 1.21. The van der Waals surface area contributed by atoms with E-state index in [9.17, 15) is 9.90 Å². The molecule has 1 amide bonds. The van der Waals surface area contributed by atoms with Crippen LogP contribution in [-0.4, -0.2) is 71.7 Å². The topological polar surface area (TPSA) is 134 Å². The number of pyridine rings is 1. The van der Waals surface area contributed by atoms with Gasteiger partial charge >= 0.3 is 0 Å². The van der Waals surface area contributed by atoms with Crippen molar-refractivity contribution in [3.63, 3.8) is 0 Å². The summed E-state index contributed by atoms with van der Waals surface area (Å²) in [6, 6.07) is 15.2. The quantitative estimate of drug-likeness (QED) is 0.311. The van der Waals surface area contributed by atoms with E-state index in [1.807, 2.05) is 67.4 Å². The highest BCUT2D eigenvalue weighted by molar-refractivity contribution is 5.89. The lowest BCUT2D eigenvalue weighted by molar-refractivity contribution is -0.136. The molecular weight excluding hydrogens is 510 g/mol. The summed E-state index contributed by atoms with van der Waals surface area (Å²) in [6.45, 7) is 6.60. The first-order chi connectivity index (χ1) is 19.4. The molecule has 1 aliphatic rings. The molecule has 12 nitrogen and oxygen atoms in total. The number of hydrogen-bond acceptors (Lipinski definition) is 10. The van der Waals surface area contributed by atoms with Gasteiger partial charge < -0.3 is 25.0 Å². The first-order valence-electron chi connectivity index (χ1n) is 12.7. The number of rotatable bonds is 6. The van der Waals surface area contributed by atoms with Gasteiger partial charge in [-0.2, -0.15) is 0 Å². The molecular formula is C28H27N9O3. The van der Waals surface area contributed by atoms with E-state index in [4.69, 9.17) is 9.72 Å². The van der Waals surface area contributed by atoms with Gasteiger partial charge in [0.2, 0.25) is 5.91 Å². The molecule has 0 saturated carbocycles. The molecule has 0 spiro atoms. The second-order valence-electron chi connectivity index (χ2n) is 9.49. The number of aliphatic hydroxyl groups excluding tert-OH is 1. The third-order valence-electron chi connectivity index (χ3n) is 6.85. The zero-order valence-electron chi connectivity index (χ0n) is 22.0. The lowest BCUT2D eigenvalue weighted by Crippen LogP contribution is -2.55. The average molecular weight is 538 g/mol. The maximum absolute atomic E-state index is 12.0. The Morgan fingerprint density at radius 1 is 1.12 bits per heavy atom. The molecule has 1 fully saturated rings. The van der Waals surface area contributed by atoms with Gasteiger partial charge in [0, 0.05) is 31.9 Å². The second-order valence-corrected chi connectivity index (χ2v) is 9.49. The molecule has 0 unspecified atom stereocenters. The Morgan fingerprint density at radius 3 is 2.80 bits per heavy atom. The zero-order chi connectivity index (χ0) is 27.8. The number of piperazine rings is 1. The molecule has 40 heavy (non-hydrogen) atoms. The van der Waals surface area contributed by atoms with E-state index in [0.29, 0.717) is 41.5 Å². The summed E-state index contributed by atoms with van der Waals surface area (Å²) < 4.78 is 7.84. The summed E-state index contributed by atoms with van der Waals surface area (Å²) in [5.41, 5.74) is 4.71. The first kappa shape index (κ1) is 25.2.